The van der Waals surface area contributed by atoms with Gasteiger partial charge in [0.2, 0.25) is 11.8 Å². The minimum absolute atomic E-state index is 0.0887. The van der Waals surface area contributed by atoms with Crippen LogP contribution in [-0.2, 0) is 9.59 Å². The third kappa shape index (κ3) is 25.7. The molecular weight excluding hydrogens is 559 g/mol. The van der Waals surface area contributed by atoms with Crippen molar-refractivity contribution in [3.63, 3.8) is 0 Å². The number of nitrogens with zero attached hydrogens (tertiary/aromatic N) is 1. The third-order valence-corrected chi connectivity index (χ3v) is 9.68. The zero-order valence-electron chi connectivity index (χ0n) is 26.3. The van der Waals surface area contributed by atoms with E-state index in [1.807, 2.05) is 28.6 Å². The zero-order valence-corrected chi connectivity index (χ0v) is 27.9. The lowest BCUT2D eigenvalue weighted by Gasteiger charge is -2.17. The van der Waals surface area contributed by atoms with E-state index in [-0.39, 0.29) is 11.8 Å². The first-order chi connectivity index (χ1) is 20.6. The van der Waals surface area contributed by atoms with Gasteiger partial charge in [-0.05, 0) is 71.3 Å². The van der Waals surface area contributed by atoms with Gasteiger partial charge < -0.3 is 15.5 Å². The maximum Gasteiger partial charge on any atom is 0.220 e. The second-order valence-corrected chi connectivity index (χ2v) is 13.3. The number of carbonyl (C=O) groups excluding carboxylic acids is 2. The van der Waals surface area contributed by atoms with Crippen molar-refractivity contribution in [2.75, 3.05) is 39.0 Å². The topological polar surface area (TPSA) is 61.4 Å². The molecule has 2 N–H and O–H groups in total. The van der Waals surface area contributed by atoms with Gasteiger partial charge in [0.1, 0.15) is 0 Å². The summed E-state index contributed by atoms with van der Waals surface area (Å²) in [6.07, 6.45) is 38.8. The highest BCUT2D eigenvalue weighted by Gasteiger charge is 2.15. The first-order valence-corrected chi connectivity index (χ1v) is 18.4. The van der Waals surface area contributed by atoms with Gasteiger partial charge in [-0.15, -0.1) is 0 Å². The molecule has 0 spiro atoms. The Kier molecular flexibility index (Phi) is 26.4. The maximum atomic E-state index is 12.1. The van der Waals surface area contributed by atoms with E-state index in [1.54, 1.807) is 0 Å². The fourth-order valence-electron chi connectivity index (χ4n) is 4.14. The van der Waals surface area contributed by atoms with Crippen LogP contribution >= 0.6 is 21.6 Å². The number of amides is 2. The van der Waals surface area contributed by atoms with E-state index in [2.05, 4.69) is 95.4 Å². The van der Waals surface area contributed by atoms with Gasteiger partial charge in [-0.3, -0.25) is 9.59 Å². The highest BCUT2D eigenvalue weighted by Crippen LogP contribution is 2.39. The Bertz CT molecular complexity index is 858. The molecule has 0 radical (unpaired) electrons. The van der Waals surface area contributed by atoms with Crippen molar-refractivity contribution in [2.24, 2.45) is 0 Å². The van der Waals surface area contributed by atoms with Gasteiger partial charge in [-0.1, -0.05) is 108 Å². The van der Waals surface area contributed by atoms with Crippen molar-refractivity contribution in [1.29, 1.82) is 0 Å². The Morgan fingerprint density at radius 2 is 1.21 bits per heavy atom. The molecule has 5 nitrogen and oxygen atoms in total. The highest BCUT2D eigenvalue weighted by molar-refractivity contribution is 8.77. The number of allylic oxidation sites excluding steroid dienone is 12. The number of rotatable bonds is 25. The van der Waals surface area contributed by atoms with Crippen molar-refractivity contribution < 1.29 is 9.59 Å². The third-order valence-electron chi connectivity index (χ3n) is 6.67. The molecule has 1 aliphatic rings. The number of unbranched alkanes of at least 4 members (excludes halogenated alkanes) is 1. The van der Waals surface area contributed by atoms with Crippen LogP contribution in [0.2, 0.25) is 0 Å². The largest absolute Gasteiger partial charge is 0.355 e. The lowest BCUT2D eigenvalue weighted by molar-refractivity contribution is -0.121. The second kappa shape index (κ2) is 29.1. The minimum atomic E-state index is 0.0887. The van der Waals surface area contributed by atoms with E-state index in [0.717, 1.165) is 76.1 Å². The summed E-state index contributed by atoms with van der Waals surface area (Å²) in [4.78, 5) is 26.2. The molecule has 2 amide bonds. The minimum Gasteiger partial charge on any atom is -0.355 e. The van der Waals surface area contributed by atoms with Gasteiger partial charge in [0.05, 0.1) is 0 Å². The summed E-state index contributed by atoms with van der Waals surface area (Å²) >= 11 is 0. The Balaban J connectivity index is 1.91. The molecule has 0 aromatic rings. The van der Waals surface area contributed by atoms with Crippen LogP contribution in [0.15, 0.2) is 72.9 Å². The molecule has 1 heterocycles. The molecule has 0 aromatic carbocycles. The molecule has 1 aliphatic heterocycles. The van der Waals surface area contributed by atoms with Gasteiger partial charge in [0, 0.05) is 50.0 Å². The fourth-order valence-corrected chi connectivity index (χ4v) is 7.16. The summed E-state index contributed by atoms with van der Waals surface area (Å²) in [6, 6.07) is 0. The zero-order chi connectivity index (χ0) is 30.4. The van der Waals surface area contributed by atoms with Crippen molar-refractivity contribution >= 4 is 33.4 Å². The van der Waals surface area contributed by atoms with Gasteiger partial charge >= 0.3 is 0 Å². The summed E-state index contributed by atoms with van der Waals surface area (Å²) in [5, 5.41) is 6.81. The van der Waals surface area contributed by atoms with Crippen LogP contribution in [0.1, 0.15) is 90.4 Å². The molecule has 1 fully saturated rings. The van der Waals surface area contributed by atoms with Crippen molar-refractivity contribution in [3.05, 3.63) is 72.9 Å². The van der Waals surface area contributed by atoms with Gasteiger partial charge in [0.15, 0.2) is 0 Å². The molecule has 0 aromatic heterocycles. The molecule has 1 atom stereocenters. The second-order valence-electron chi connectivity index (χ2n) is 10.5. The van der Waals surface area contributed by atoms with Crippen LogP contribution in [0.4, 0.5) is 0 Å². The van der Waals surface area contributed by atoms with E-state index >= 15 is 0 Å². The molecule has 0 unspecified atom stereocenters. The smallest absolute Gasteiger partial charge is 0.220 e. The quantitative estimate of drug-likeness (QED) is 0.0614. The average molecular weight is 616 g/mol. The first kappa shape index (κ1) is 38.1. The van der Waals surface area contributed by atoms with Crippen LogP contribution in [-0.4, -0.2) is 60.9 Å². The molecule has 1 rings (SSSR count). The normalized spacial score (nSPS) is 16.1. The monoisotopic (exact) mass is 615 g/mol. The number of hydrogen-bond acceptors (Lipinski definition) is 5. The molecular formula is C35H57N3O2S2. The molecule has 0 aliphatic carbocycles. The molecule has 0 saturated carbocycles. The maximum absolute atomic E-state index is 12.1. The molecule has 1 saturated heterocycles. The summed E-state index contributed by atoms with van der Waals surface area (Å²) in [7, 11) is 6.01. The van der Waals surface area contributed by atoms with Crippen LogP contribution in [0.25, 0.3) is 0 Å². The van der Waals surface area contributed by atoms with E-state index in [4.69, 9.17) is 0 Å². The lowest BCUT2D eigenvalue weighted by atomic mass is 10.1. The van der Waals surface area contributed by atoms with Crippen molar-refractivity contribution in [1.82, 2.24) is 15.5 Å². The van der Waals surface area contributed by atoms with Crippen LogP contribution < -0.4 is 10.6 Å². The number of nitrogens with one attached hydrogen (secondary N) is 2. The Morgan fingerprint density at radius 1 is 0.714 bits per heavy atom. The summed E-state index contributed by atoms with van der Waals surface area (Å²) in [5.41, 5.74) is 0. The van der Waals surface area contributed by atoms with Gasteiger partial charge in [-0.25, -0.2) is 0 Å². The molecule has 0 bridgehead atoms. The fraction of sp³-hybridized carbons (Fsp3) is 0.600. The van der Waals surface area contributed by atoms with Crippen molar-refractivity contribution in [3.8, 4) is 0 Å². The van der Waals surface area contributed by atoms with E-state index in [9.17, 15) is 9.59 Å². The predicted molar refractivity (Wildman–Crippen MR) is 188 cm³/mol. The van der Waals surface area contributed by atoms with E-state index < -0.39 is 0 Å². The van der Waals surface area contributed by atoms with Crippen LogP contribution in [0.3, 0.4) is 0 Å². The van der Waals surface area contributed by atoms with E-state index in [1.165, 1.54) is 18.6 Å². The van der Waals surface area contributed by atoms with Crippen LogP contribution in [0.5, 0.6) is 0 Å². The summed E-state index contributed by atoms with van der Waals surface area (Å²) in [6.45, 7) is 5.00. The van der Waals surface area contributed by atoms with Gasteiger partial charge in [-0.2, -0.15) is 0 Å². The Hall–Kier alpha value is -1.96. The van der Waals surface area contributed by atoms with Gasteiger partial charge in [0.25, 0.3) is 0 Å². The Morgan fingerprint density at radius 3 is 1.71 bits per heavy atom. The number of hydrogen-bond donors (Lipinski definition) is 2. The predicted octanol–water partition coefficient (Wildman–Crippen LogP) is 8.34. The number of likely N-dealkylation sites (N-methyl/N-ethyl adjacent to an activating group) is 1. The molecule has 236 valence electrons. The number of carbonyl (C=O) groups is 2. The average Bonchev–Trinajstić information content (AvgIpc) is 3.50. The standard InChI is InChI=1S/C35H57N3O2S2/c1-3-4-5-6-7-8-9-10-11-12-13-14-15-16-17-18-19-20-21-25-34(39)36-28-30-38(2)31-29-37-35(40)26-23-22-24-33-27-32-41-42-33/h4-5,7-8,10-11,13-14,16-17,19-20,33H,3,6,9,12,15,18,21-32H2,1-2H3,(H,36,39)(H,37,40)/b5-4-,8-7-,11-10-,14-13-,17-16-,20-19-/t33-/m1/s1. The molecule has 42 heavy (non-hydrogen) atoms. The van der Waals surface area contributed by atoms with Crippen LogP contribution in [0, 0.1) is 0 Å². The lowest BCUT2D eigenvalue weighted by Crippen LogP contribution is -2.37. The highest BCUT2D eigenvalue weighted by atomic mass is 33.1. The van der Waals surface area contributed by atoms with E-state index in [0.29, 0.717) is 25.9 Å². The van der Waals surface area contributed by atoms with Crippen molar-refractivity contribution in [2.45, 2.75) is 95.6 Å². The Labute approximate surface area is 265 Å². The first-order valence-electron chi connectivity index (χ1n) is 16.0. The summed E-state index contributed by atoms with van der Waals surface area (Å²) < 4.78 is 0. The molecule has 7 heteroatoms. The summed E-state index contributed by atoms with van der Waals surface area (Å²) in [5.74, 6) is 1.52. The SMILES string of the molecule is CC/C=C\C/C=C\C/C=C\C/C=C\C/C=C\C/C=C\CCC(=O)NCCN(C)CCNC(=O)CCCC[C@@H]1CCSS1.